The van der Waals surface area contributed by atoms with Crippen LogP contribution in [-0.4, -0.2) is 65.7 Å². The van der Waals surface area contributed by atoms with Crippen LogP contribution in [0, 0.1) is 0 Å². The quantitative estimate of drug-likeness (QED) is 0.424. The topological polar surface area (TPSA) is 46.9 Å². The van der Waals surface area contributed by atoms with E-state index in [1.165, 1.54) is 30.3 Å². The number of hydrogen-bond donors (Lipinski definition) is 0. The van der Waals surface area contributed by atoms with Crippen molar-refractivity contribution in [3.8, 4) is 11.5 Å². The predicted octanol–water partition coefficient (Wildman–Crippen LogP) is 5.31. The van der Waals surface area contributed by atoms with Crippen molar-refractivity contribution in [2.24, 2.45) is 0 Å². The van der Waals surface area contributed by atoms with E-state index in [9.17, 15) is 4.79 Å². The monoisotopic (exact) mass is 487 g/mol. The van der Waals surface area contributed by atoms with Crippen molar-refractivity contribution in [1.82, 2.24) is 14.4 Å². The second kappa shape index (κ2) is 10.2. The molecular weight excluding hydrogens is 450 g/mol. The molecule has 2 fully saturated rings. The molecule has 3 aromatic rings. The van der Waals surface area contributed by atoms with Gasteiger partial charge in [-0.05, 0) is 93.6 Å². The van der Waals surface area contributed by atoms with Gasteiger partial charge in [0.05, 0.1) is 13.2 Å². The SMILES string of the molecule is C[C@@H]1CCCN1CCCOc1ccc2c(ccn2C2CCN(C(=O)c3ccc4c(c3)CCO4)CC2)c1. The molecule has 0 unspecified atom stereocenters. The first-order valence-corrected chi connectivity index (χ1v) is 13.7. The fourth-order valence-corrected chi connectivity index (χ4v) is 6.18. The molecule has 1 amide bonds. The number of carbonyl (C=O) groups is 1. The summed E-state index contributed by atoms with van der Waals surface area (Å²) < 4.78 is 14.1. The third-order valence-electron chi connectivity index (χ3n) is 8.32. The number of piperidine rings is 1. The fourth-order valence-electron chi connectivity index (χ4n) is 6.18. The van der Waals surface area contributed by atoms with Gasteiger partial charge in [-0.25, -0.2) is 0 Å². The molecular formula is C30H37N3O3. The van der Waals surface area contributed by atoms with E-state index < -0.39 is 0 Å². The van der Waals surface area contributed by atoms with Gasteiger partial charge in [-0.1, -0.05) is 0 Å². The molecule has 0 aliphatic carbocycles. The molecule has 0 bridgehead atoms. The Morgan fingerprint density at radius 3 is 2.78 bits per heavy atom. The molecule has 190 valence electrons. The van der Waals surface area contributed by atoms with Crippen LogP contribution in [-0.2, 0) is 6.42 Å². The van der Waals surface area contributed by atoms with Gasteiger partial charge in [-0.15, -0.1) is 0 Å². The average Bonchev–Trinajstić information content (AvgIpc) is 3.65. The summed E-state index contributed by atoms with van der Waals surface area (Å²) in [7, 11) is 0. The van der Waals surface area contributed by atoms with E-state index in [4.69, 9.17) is 9.47 Å². The third-order valence-corrected chi connectivity index (χ3v) is 8.32. The van der Waals surface area contributed by atoms with E-state index in [0.29, 0.717) is 6.04 Å². The molecule has 36 heavy (non-hydrogen) atoms. The van der Waals surface area contributed by atoms with Gasteiger partial charge in [-0.2, -0.15) is 0 Å². The first-order chi connectivity index (χ1) is 17.7. The van der Waals surface area contributed by atoms with Crippen molar-refractivity contribution < 1.29 is 14.3 Å². The lowest BCUT2D eigenvalue weighted by molar-refractivity contribution is 0.0696. The molecule has 2 saturated heterocycles. The van der Waals surface area contributed by atoms with Crippen molar-refractivity contribution in [3.63, 3.8) is 0 Å². The predicted molar refractivity (Wildman–Crippen MR) is 142 cm³/mol. The number of carbonyl (C=O) groups excluding carboxylic acids is 1. The van der Waals surface area contributed by atoms with Gasteiger partial charge in [0.15, 0.2) is 0 Å². The number of rotatable bonds is 7. The molecule has 6 nitrogen and oxygen atoms in total. The van der Waals surface area contributed by atoms with Crippen LogP contribution in [0.5, 0.6) is 11.5 Å². The third kappa shape index (κ3) is 4.71. The molecule has 2 aromatic carbocycles. The number of benzene rings is 2. The highest BCUT2D eigenvalue weighted by Crippen LogP contribution is 2.31. The molecule has 3 aliphatic heterocycles. The molecule has 0 spiro atoms. The Labute approximate surface area is 213 Å². The molecule has 0 saturated carbocycles. The Hall–Kier alpha value is -2.99. The summed E-state index contributed by atoms with van der Waals surface area (Å²) in [5.74, 6) is 2.02. The molecule has 1 aromatic heterocycles. The first-order valence-electron chi connectivity index (χ1n) is 13.7. The Kier molecular flexibility index (Phi) is 6.61. The van der Waals surface area contributed by atoms with Crippen LogP contribution in [0.2, 0.25) is 0 Å². The van der Waals surface area contributed by atoms with Crippen LogP contribution < -0.4 is 9.47 Å². The number of aromatic nitrogens is 1. The van der Waals surface area contributed by atoms with E-state index in [1.54, 1.807) is 0 Å². The summed E-state index contributed by atoms with van der Waals surface area (Å²) in [6.07, 6.45) is 8.76. The smallest absolute Gasteiger partial charge is 0.253 e. The van der Waals surface area contributed by atoms with Crippen LogP contribution in [0.4, 0.5) is 0 Å². The van der Waals surface area contributed by atoms with Gasteiger partial charge >= 0.3 is 0 Å². The number of likely N-dealkylation sites (tertiary alicyclic amines) is 2. The fraction of sp³-hybridized carbons (Fsp3) is 0.500. The Morgan fingerprint density at radius 2 is 1.94 bits per heavy atom. The second-order valence-electron chi connectivity index (χ2n) is 10.6. The largest absolute Gasteiger partial charge is 0.494 e. The maximum Gasteiger partial charge on any atom is 0.253 e. The Morgan fingerprint density at radius 1 is 1.06 bits per heavy atom. The normalized spacial score (nSPS) is 20.6. The van der Waals surface area contributed by atoms with Crippen molar-refractivity contribution in [3.05, 3.63) is 59.8 Å². The molecule has 3 aliphatic rings. The van der Waals surface area contributed by atoms with Crippen LogP contribution >= 0.6 is 0 Å². The Bertz CT molecular complexity index is 1230. The minimum Gasteiger partial charge on any atom is -0.494 e. The van der Waals surface area contributed by atoms with Crippen molar-refractivity contribution in [1.29, 1.82) is 0 Å². The number of fused-ring (bicyclic) bond motifs is 2. The van der Waals surface area contributed by atoms with Crippen LogP contribution in [0.25, 0.3) is 10.9 Å². The van der Waals surface area contributed by atoms with Crippen LogP contribution in [0.15, 0.2) is 48.7 Å². The summed E-state index contributed by atoms with van der Waals surface area (Å²) >= 11 is 0. The maximum atomic E-state index is 13.1. The number of hydrogen-bond acceptors (Lipinski definition) is 4. The van der Waals surface area contributed by atoms with E-state index in [-0.39, 0.29) is 5.91 Å². The minimum absolute atomic E-state index is 0.140. The lowest BCUT2D eigenvalue weighted by Crippen LogP contribution is -2.39. The zero-order chi connectivity index (χ0) is 24.5. The molecule has 0 N–H and O–H groups in total. The van der Waals surface area contributed by atoms with Crippen molar-refractivity contribution in [2.45, 2.75) is 57.5 Å². The van der Waals surface area contributed by atoms with E-state index >= 15 is 0 Å². The van der Waals surface area contributed by atoms with Crippen LogP contribution in [0.1, 0.15) is 61.0 Å². The van der Waals surface area contributed by atoms with Crippen molar-refractivity contribution >= 4 is 16.8 Å². The maximum absolute atomic E-state index is 13.1. The highest BCUT2D eigenvalue weighted by molar-refractivity contribution is 5.94. The van der Waals surface area contributed by atoms with E-state index in [2.05, 4.69) is 46.9 Å². The van der Waals surface area contributed by atoms with Gasteiger partial charge in [0.1, 0.15) is 11.5 Å². The number of nitrogens with zero attached hydrogens (tertiary/aromatic N) is 3. The van der Waals surface area contributed by atoms with Gasteiger partial charge in [0.25, 0.3) is 5.91 Å². The van der Waals surface area contributed by atoms with Gasteiger partial charge in [0.2, 0.25) is 0 Å². The molecule has 6 heteroatoms. The van der Waals surface area contributed by atoms with Gasteiger partial charge in [0, 0.05) is 60.8 Å². The van der Waals surface area contributed by atoms with Gasteiger partial charge in [-0.3, -0.25) is 4.79 Å². The Balaban J connectivity index is 1.03. The molecule has 1 atom stereocenters. The lowest BCUT2D eigenvalue weighted by Gasteiger charge is -2.33. The highest BCUT2D eigenvalue weighted by atomic mass is 16.5. The first kappa shape index (κ1) is 23.4. The zero-order valence-corrected chi connectivity index (χ0v) is 21.3. The minimum atomic E-state index is 0.140. The van der Waals surface area contributed by atoms with Gasteiger partial charge < -0.3 is 23.8 Å². The number of amides is 1. The molecule has 4 heterocycles. The molecule has 6 rings (SSSR count). The summed E-state index contributed by atoms with van der Waals surface area (Å²) in [6.45, 7) is 7.74. The average molecular weight is 488 g/mol. The number of ether oxygens (including phenoxy) is 2. The summed E-state index contributed by atoms with van der Waals surface area (Å²) in [6, 6.07) is 15.7. The molecule has 0 radical (unpaired) electrons. The summed E-state index contributed by atoms with van der Waals surface area (Å²) in [4.78, 5) is 17.7. The summed E-state index contributed by atoms with van der Waals surface area (Å²) in [5, 5.41) is 1.22. The lowest BCUT2D eigenvalue weighted by atomic mass is 10.0. The van der Waals surface area contributed by atoms with E-state index in [0.717, 1.165) is 87.2 Å². The van der Waals surface area contributed by atoms with Crippen molar-refractivity contribution in [2.75, 3.05) is 39.4 Å². The highest BCUT2D eigenvalue weighted by Gasteiger charge is 2.26. The van der Waals surface area contributed by atoms with E-state index in [1.807, 2.05) is 23.1 Å². The second-order valence-corrected chi connectivity index (χ2v) is 10.6. The zero-order valence-electron chi connectivity index (χ0n) is 21.3. The van der Waals surface area contributed by atoms with Crippen LogP contribution in [0.3, 0.4) is 0 Å². The standard InChI is InChI=1S/C30H37N3O3/c1-22-4-2-13-31(22)14-3-18-35-27-6-7-28-23(21-27)9-17-33(28)26-10-15-32(16-11-26)30(34)25-5-8-29-24(20-25)12-19-36-29/h5-9,17,20-22,26H,2-4,10-16,18-19H2,1H3/t22-/m1/s1. The summed E-state index contributed by atoms with van der Waals surface area (Å²) in [5.41, 5.74) is 3.18.